The van der Waals surface area contributed by atoms with Crippen molar-refractivity contribution < 1.29 is 27.9 Å². The van der Waals surface area contributed by atoms with Crippen LogP contribution < -0.4 is 5.32 Å². The summed E-state index contributed by atoms with van der Waals surface area (Å²) >= 11 is 0. The fraction of sp³-hybridized carbons (Fsp3) is 0.867. The topological polar surface area (TPSA) is 69.6 Å². The van der Waals surface area contributed by atoms with E-state index in [0.29, 0.717) is 12.5 Å². The highest BCUT2D eigenvalue weighted by Crippen LogP contribution is 2.37. The third-order valence-corrected chi connectivity index (χ3v) is 4.86. The highest BCUT2D eigenvalue weighted by molar-refractivity contribution is 5.77. The number of aliphatic carboxylic acids is 1. The van der Waals surface area contributed by atoms with E-state index in [-0.39, 0.29) is 0 Å². The molecule has 132 valence electrons. The summed E-state index contributed by atoms with van der Waals surface area (Å²) in [5.74, 6) is -4.73. The van der Waals surface area contributed by atoms with Gasteiger partial charge in [-0.25, -0.2) is 4.79 Å². The molecule has 1 saturated carbocycles. The number of nitrogens with one attached hydrogen (secondary N) is 1. The fourth-order valence-corrected chi connectivity index (χ4v) is 3.46. The molecule has 0 aromatic heterocycles. The molecule has 1 heterocycles. The van der Waals surface area contributed by atoms with Crippen LogP contribution in [0.1, 0.15) is 38.5 Å². The van der Waals surface area contributed by atoms with E-state index in [0.717, 1.165) is 30.6 Å². The summed E-state index contributed by atoms with van der Waals surface area (Å²) in [6.07, 6.45) is 2.02. The lowest BCUT2D eigenvalue weighted by Gasteiger charge is -2.21. The molecular weight excluding hydrogens is 313 g/mol. The van der Waals surface area contributed by atoms with Gasteiger partial charge in [0, 0.05) is 19.6 Å². The van der Waals surface area contributed by atoms with Gasteiger partial charge in [-0.2, -0.15) is 13.2 Å². The molecule has 0 aromatic carbocycles. The molecule has 0 bridgehead atoms. The van der Waals surface area contributed by atoms with Crippen LogP contribution in [0.2, 0.25) is 0 Å². The minimum Gasteiger partial charge on any atom is -0.481 e. The zero-order valence-electron chi connectivity index (χ0n) is 12.9. The number of hydrogen-bond donors (Lipinski definition) is 2. The Balaban J connectivity index is 1.88. The SMILES string of the molecule is O=C(O)[C@@H]1CN(C(=O)NCC2CCCCCC2)C[C@H]1C(F)(F)F. The van der Waals surface area contributed by atoms with Crippen LogP contribution in [0.25, 0.3) is 0 Å². The molecule has 1 aliphatic heterocycles. The van der Waals surface area contributed by atoms with E-state index in [1.807, 2.05) is 0 Å². The Morgan fingerprint density at radius 2 is 1.70 bits per heavy atom. The number of halogens is 3. The average molecular weight is 336 g/mol. The summed E-state index contributed by atoms with van der Waals surface area (Å²) in [7, 11) is 0. The van der Waals surface area contributed by atoms with Gasteiger partial charge in [-0.1, -0.05) is 25.7 Å². The molecule has 1 saturated heterocycles. The van der Waals surface area contributed by atoms with Crippen LogP contribution in [0.5, 0.6) is 0 Å². The summed E-state index contributed by atoms with van der Waals surface area (Å²) < 4.78 is 38.7. The normalized spacial score (nSPS) is 26.8. The van der Waals surface area contributed by atoms with E-state index >= 15 is 0 Å². The summed E-state index contributed by atoms with van der Waals surface area (Å²) in [6.45, 7) is -0.531. The zero-order chi connectivity index (χ0) is 17.0. The Bertz CT molecular complexity index is 434. The number of amides is 2. The van der Waals surface area contributed by atoms with Gasteiger partial charge in [-0.15, -0.1) is 0 Å². The molecule has 2 aliphatic rings. The molecule has 0 radical (unpaired) electrons. The van der Waals surface area contributed by atoms with Crippen molar-refractivity contribution in [1.82, 2.24) is 10.2 Å². The maximum Gasteiger partial charge on any atom is 0.394 e. The van der Waals surface area contributed by atoms with E-state index in [2.05, 4.69) is 5.32 Å². The van der Waals surface area contributed by atoms with Crippen LogP contribution in [0.3, 0.4) is 0 Å². The van der Waals surface area contributed by atoms with Crippen molar-refractivity contribution in [1.29, 1.82) is 0 Å². The third-order valence-electron chi connectivity index (χ3n) is 4.86. The highest BCUT2D eigenvalue weighted by Gasteiger charge is 2.53. The quantitative estimate of drug-likeness (QED) is 0.779. The maximum absolute atomic E-state index is 12.9. The van der Waals surface area contributed by atoms with Gasteiger partial charge in [0.15, 0.2) is 0 Å². The van der Waals surface area contributed by atoms with E-state index in [1.165, 1.54) is 12.8 Å². The second-order valence-corrected chi connectivity index (χ2v) is 6.54. The summed E-state index contributed by atoms with van der Waals surface area (Å²) in [5, 5.41) is 11.6. The number of rotatable bonds is 3. The van der Waals surface area contributed by atoms with Crippen molar-refractivity contribution in [3.63, 3.8) is 0 Å². The number of urea groups is 1. The van der Waals surface area contributed by atoms with Gasteiger partial charge in [0.1, 0.15) is 0 Å². The molecule has 5 nitrogen and oxygen atoms in total. The van der Waals surface area contributed by atoms with Crippen molar-refractivity contribution in [3.05, 3.63) is 0 Å². The van der Waals surface area contributed by atoms with Gasteiger partial charge in [0.25, 0.3) is 0 Å². The first-order valence-corrected chi connectivity index (χ1v) is 8.11. The van der Waals surface area contributed by atoms with Crippen molar-refractivity contribution in [2.24, 2.45) is 17.8 Å². The molecule has 2 fully saturated rings. The predicted molar refractivity (Wildman–Crippen MR) is 76.8 cm³/mol. The number of carboxylic acid groups (broad SMARTS) is 1. The second kappa shape index (κ2) is 7.40. The number of nitrogens with zero attached hydrogens (tertiary/aromatic N) is 1. The Labute approximate surface area is 133 Å². The van der Waals surface area contributed by atoms with Crippen LogP contribution >= 0.6 is 0 Å². The first kappa shape index (κ1) is 17.9. The first-order chi connectivity index (χ1) is 10.8. The van der Waals surface area contributed by atoms with Gasteiger partial charge in [-0.3, -0.25) is 4.79 Å². The van der Waals surface area contributed by atoms with E-state index in [4.69, 9.17) is 5.11 Å². The number of carbonyl (C=O) groups is 2. The molecule has 2 rings (SSSR count). The molecule has 1 aliphatic carbocycles. The minimum absolute atomic E-state index is 0.359. The lowest BCUT2D eigenvalue weighted by atomic mass is 9.96. The van der Waals surface area contributed by atoms with Crippen molar-refractivity contribution >= 4 is 12.0 Å². The van der Waals surface area contributed by atoms with Crippen LogP contribution in [0, 0.1) is 17.8 Å². The lowest BCUT2D eigenvalue weighted by Crippen LogP contribution is -2.41. The molecule has 0 unspecified atom stereocenters. The van der Waals surface area contributed by atoms with Crippen molar-refractivity contribution in [3.8, 4) is 0 Å². The Kier molecular flexibility index (Phi) is 5.75. The van der Waals surface area contributed by atoms with Crippen LogP contribution in [-0.4, -0.2) is 47.8 Å². The van der Waals surface area contributed by atoms with Gasteiger partial charge in [-0.05, 0) is 18.8 Å². The standard InChI is InChI=1S/C15H23F3N2O3/c16-15(17,18)12-9-20(8-11(12)13(21)22)14(23)19-7-10-5-3-1-2-4-6-10/h10-12H,1-9H2,(H,19,23)(H,21,22)/t11-,12-/m1/s1. The second-order valence-electron chi connectivity index (χ2n) is 6.54. The molecule has 23 heavy (non-hydrogen) atoms. The van der Waals surface area contributed by atoms with E-state index in [1.54, 1.807) is 0 Å². The highest BCUT2D eigenvalue weighted by atomic mass is 19.4. The first-order valence-electron chi connectivity index (χ1n) is 8.11. The number of likely N-dealkylation sites (tertiary alicyclic amines) is 1. The Morgan fingerprint density at radius 1 is 1.09 bits per heavy atom. The Morgan fingerprint density at radius 3 is 2.17 bits per heavy atom. The Hall–Kier alpha value is -1.47. The van der Waals surface area contributed by atoms with E-state index < -0.39 is 43.1 Å². The van der Waals surface area contributed by atoms with Gasteiger partial charge >= 0.3 is 18.2 Å². The van der Waals surface area contributed by atoms with Gasteiger partial charge < -0.3 is 15.3 Å². The van der Waals surface area contributed by atoms with Crippen molar-refractivity contribution in [2.45, 2.75) is 44.7 Å². The molecule has 0 aromatic rings. The third kappa shape index (κ3) is 4.75. The zero-order valence-corrected chi connectivity index (χ0v) is 12.9. The molecule has 8 heteroatoms. The fourth-order valence-electron chi connectivity index (χ4n) is 3.46. The summed E-state index contributed by atoms with van der Waals surface area (Å²) in [5.41, 5.74) is 0. The monoisotopic (exact) mass is 336 g/mol. The van der Waals surface area contributed by atoms with Crippen molar-refractivity contribution in [2.75, 3.05) is 19.6 Å². The summed E-state index contributed by atoms with van der Waals surface area (Å²) in [6, 6.07) is -0.591. The number of carbonyl (C=O) groups excluding carboxylic acids is 1. The molecule has 0 spiro atoms. The average Bonchev–Trinajstić information content (AvgIpc) is 2.77. The predicted octanol–water partition coefficient (Wildman–Crippen LogP) is 2.86. The van der Waals surface area contributed by atoms with Gasteiger partial charge in [0.2, 0.25) is 0 Å². The molecule has 2 atom stereocenters. The van der Waals surface area contributed by atoms with Crippen LogP contribution in [-0.2, 0) is 4.79 Å². The smallest absolute Gasteiger partial charge is 0.394 e. The maximum atomic E-state index is 12.9. The summed E-state index contributed by atoms with van der Waals surface area (Å²) in [4.78, 5) is 24.1. The van der Waals surface area contributed by atoms with Gasteiger partial charge in [0.05, 0.1) is 11.8 Å². The number of carboxylic acids is 1. The molecule has 2 N–H and O–H groups in total. The molecular formula is C15H23F3N2O3. The molecule has 2 amide bonds. The van der Waals surface area contributed by atoms with Crippen LogP contribution in [0.15, 0.2) is 0 Å². The number of hydrogen-bond acceptors (Lipinski definition) is 2. The number of alkyl halides is 3. The van der Waals surface area contributed by atoms with Crippen LogP contribution in [0.4, 0.5) is 18.0 Å². The lowest BCUT2D eigenvalue weighted by molar-refractivity contribution is -0.187. The van der Waals surface area contributed by atoms with E-state index in [9.17, 15) is 22.8 Å². The largest absolute Gasteiger partial charge is 0.481 e. The minimum atomic E-state index is -4.61.